The van der Waals surface area contributed by atoms with Gasteiger partial charge in [-0.25, -0.2) is 0 Å². The lowest BCUT2D eigenvalue weighted by Gasteiger charge is -2.05. The molecule has 0 spiro atoms. The second-order valence-corrected chi connectivity index (χ2v) is 4.17. The molecular formula is C10H17N5O. The third-order valence-electron chi connectivity index (χ3n) is 2.69. The van der Waals surface area contributed by atoms with E-state index in [1.165, 1.54) is 0 Å². The molecule has 2 rings (SSSR count). The van der Waals surface area contributed by atoms with E-state index in [4.69, 9.17) is 0 Å². The van der Waals surface area contributed by atoms with Crippen molar-refractivity contribution in [3.8, 4) is 0 Å². The first kappa shape index (κ1) is 11.1. The lowest BCUT2D eigenvalue weighted by atomic mass is 10.5. The number of amides is 1. The zero-order valence-electron chi connectivity index (χ0n) is 9.66. The van der Waals surface area contributed by atoms with Crippen LogP contribution in [-0.2, 0) is 18.4 Å². The van der Waals surface area contributed by atoms with E-state index in [1.54, 1.807) is 0 Å². The van der Waals surface area contributed by atoms with Crippen LogP contribution < -0.4 is 10.6 Å². The summed E-state index contributed by atoms with van der Waals surface area (Å²) in [5.41, 5.74) is 0. The van der Waals surface area contributed by atoms with Crippen LogP contribution in [0, 0.1) is 6.92 Å². The van der Waals surface area contributed by atoms with Crippen LogP contribution in [0.25, 0.3) is 0 Å². The predicted molar refractivity (Wildman–Crippen MR) is 58.6 cm³/mol. The highest BCUT2D eigenvalue weighted by Crippen LogP contribution is 2.18. The van der Waals surface area contributed by atoms with Gasteiger partial charge in [-0.2, -0.15) is 0 Å². The van der Waals surface area contributed by atoms with Crippen LogP contribution in [0.3, 0.4) is 0 Å². The molecule has 0 radical (unpaired) electrons. The molecule has 0 aliphatic heterocycles. The maximum absolute atomic E-state index is 11.4. The summed E-state index contributed by atoms with van der Waals surface area (Å²) >= 11 is 0. The Labute approximate surface area is 94.4 Å². The fourth-order valence-electron chi connectivity index (χ4n) is 1.40. The van der Waals surface area contributed by atoms with Crippen LogP contribution in [0.5, 0.6) is 0 Å². The van der Waals surface area contributed by atoms with Crippen molar-refractivity contribution >= 4 is 5.91 Å². The van der Waals surface area contributed by atoms with Gasteiger partial charge in [-0.15, -0.1) is 10.2 Å². The summed E-state index contributed by atoms with van der Waals surface area (Å²) in [6.45, 7) is 2.80. The van der Waals surface area contributed by atoms with E-state index in [9.17, 15) is 4.79 Å². The molecule has 1 amide bonds. The second kappa shape index (κ2) is 4.61. The molecule has 2 N–H and O–H groups in total. The molecular weight excluding hydrogens is 206 g/mol. The molecule has 1 fully saturated rings. The molecule has 1 aliphatic carbocycles. The van der Waals surface area contributed by atoms with Crippen LogP contribution in [0.1, 0.15) is 24.5 Å². The highest BCUT2D eigenvalue weighted by Gasteiger charge is 2.22. The van der Waals surface area contributed by atoms with Crippen LogP contribution >= 0.6 is 0 Å². The Morgan fingerprint density at radius 1 is 1.50 bits per heavy atom. The highest BCUT2D eigenvalue weighted by molar-refractivity contribution is 5.78. The van der Waals surface area contributed by atoms with Gasteiger partial charge < -0.3 is 15.2 Å². The topological polar surface area (TPSA) is 71.8 Å². The molecule has 1 aliphatic rings. The Kier molecular flexibility index (Phi) is 3.19. The van der Waals surface area contributed by atoms with Gasteiger partial charge in [-0.3, -0.25) is 4.79 Å². The predicted octanol–water partition coefficient (Wildman–Crippen LogP) is -0.508. The summed E-state index contributed by atoms with van der Waals surface area (Å²) in [4.78, 5) is 11.4. The Balaban J connectivity index is 1.70. The van der Waals surface area contributed by atoms with Crippen LogP contribution in [0.2, 0.25) is 0 Å². The first-order chi connectivity index (χ1) is 7.66. The molecule has 16 heavy (non-hydrogen) atoms. The molecule has 0 aromatic carbocycles. The molecule has 1 heterocycles. The first-order valence-electron chi connectivity index (χ1n) is 5.52. The van der Waals surface area contributed by atoms with Crippen molar-refractivity contribution in [3.63, 3.8) is 0 Å². The molecule has 6 nitrogen and oxygen atoms in total. The average Bonchev–Trinajstić information content (AvgIpc) is 3.00. The SMILES string of the molecule is Cc1nnc(CNCC(=O)NC2CC2)n1C. The van der Waals surface area contributed by atoms with E-state index in [1.807, 2.05) is 18.5 Å². The summed E-state index contributed by atoms with van der Waals surface area (Å²) < 4.78 is 1.91. The molecule has 6 heteroatoms. The van der Waals surface area contributed by atoms with E-state index in [-0.39, 0.29) is 5.91 Å². The Morgan fingerprint density at radius 3 is 2.81 bits per heavy atom. The zero-order chi connectivity index (χ0) is 11.5. The normalized spacial score (nSPS) is 15.1. The van der Waals surface area contributed by atoms with E-state index in [0.29, 0.717) is 19.1 Å². The average molecular weight is 223 g/mol. The number of aromatic nitrogens is 3. The second-order valence-electron chi connectivity index (χ2n) is 4.17. The number of carbonyl (C=O) groups is 1. The smallest absolute Gasteiger partial charge is 0.234 e. The third-order valence-corrected chi connectivity index (χ3v) is 2.69. The largest absolute Gasteiger partial charge is 0.352 e. The van der Waals surface area contributed by atoms with Crippen molar-refractivity contribution in [1.29, 1.82) is 0 Å². The molecule has 0 unspecified atom stereocenters. The van der Waals surface area contributed by atoms with Gasteiger partial charge in [0.1, 0.15) is 11.6 Å². The van der Waals surface area contributed by atoms with Crippen molar-refractivity contribution < 1.29 is 4.79 Å². The monoisotopic (exact) mass is 223 g/mol. The summed E-state index contributed by atoms with van der Waals surface area (Å²) in [6.07, 6.45) is 2.24. The van der Waals surface area contributed by atoms with E-state index >= 15 is 0 Å². The number of nitrogens with zero attached hydrogens (tertiary/aromatic N) is 3. The van der Waals surface area contributed by atoms with Gasteiger partial charge in [0.05, 0.1) is 13.1 Å². The summed E-state index contributed by atoms with van der Waals surface area (Å²) in [6, 6.07) is 0.423. The molecule has 0 bridgehead atoms. The Bertz CT molecular complexity index is 383. The molecule has 0 saturated heterocycles. The maximum Gasteiger partial charge on any atom is 0.234 e. The first-order valence-corrected chi connectivity index (χ1v) is 5.52. The summed E-state index contributed by atoms with van der Waals surface area (Å²) in [7, 11) is 1.91. The minimum atomic E-state index is 0.0568. The van der Waals surface area contributed by atoms with E-state index in [0.717, 1.165) is 24.5 Å². The minimum absolute atomic E-state index is 0.0568. The van der Waals surface area contributed by atoms with Gasteiger partial charge in [0.15, 0.2) is 0 Å². The lowest BCUT2D eigenvalue weighted by molar-refractivity contribution is -0.120. The molecule has 1 saturated carbocycles. The molecule has 88 valence electrons. The number of hydrogen-bond acceptors (Lipinski definition) is 4. The Hall–Kier alpha value is -1.43. The summed E-state index contributed by atoms with van der Waals surface area (Å²) in [5.74, 6) is 1.78. The zero-order valence-corrected chi connectivity index (χ0v) is 9.66. The van der Waals surface area contributed by atoms with Crippen molar-refractivity contribution in [3.05, 3.63) is 11.6 Å². The van der Waals surface area contributed by atoms with Crippen molar-refractivity contribution in [1.82, 2.24) is 25.4 Å². The molecule has 0 atom stereocenters. The van der Waals surface area contributed by atoms with Gasteiger partial charge in [0, 0.05) is 13.1 Å². The number of aryl methyl sites for hydroxylation is 1. The van der Waals surface area contributed by atoms with Crippen molar-refractivity contribution in [2.24, 2.45) is 7.05 Å². The standard InChI is InChI=1S/C10H17N5O/c1-7-13-14-9(15(7)2)5-11-6-10(16)12-8-3-4-8/h8,11H,3-6H2,1-2H3,(H,12,16). The number of carbonyl (C=O) groups excluding carboxylic acids is 1. The lowest BCUT2D eigenvalue weighted by Crippen LogP contribution is -2.35. The van der Waals surface area contributed by atoms with Crippen LogP contribution in [0.4, 0.5) is 0 Å². The van der Waals surface area contributed by atoms with Gasteiger partial charge in [-0.1, -0.05) is 0 Å². The molecule has 1 aromatic rings. The van der Waals surface area contributed by atoms with E-state index < -0.39 is 0 Å². The summed E-state index contributed by atoms with van der Waals surface area (Å²) in [5, 5.41) is 13.9. The van der Waals surface area contributed by atoms with Gasteiger partial charge >= 0.3 is 0 Å². The number of rotatable bonds is 5. The quantitative estimate of drug-likeness (QED) is 0.705. The third kappa shape index (κ3) is 2.79. The van der Waals surface area contributed by atoms with Crippen LogP contribution in [-0.4, -0.2) is 33.3 Å². The number of hydrogen-bond donors (Lipinski definition) is 2. The number of nitrogens with one attached hydrogen (secondary N) is 2. The van der Waals surface area contributed by atoms with Gasteiger partial charge in [-0.05, 0) is 19.8 Å². The maximum atomic E-state index is 11.4. The Morgan fingerprint density at radius 2 is 2.25 bits per heavy atom. The van der Waals surface area contributed by atoms with Gasteiger partial charge in [0.2, 0.25) is 5.91 Å². The van der Waals surface area contributed by atoms with Gasteiger partial charge in [0.25, 0.3) is 0 Å². The van der Waals surface area contributed by atoms with Crippen LogP contribution in [0.15, 0.2) is 0 Å². The fraction of sp³-hybridized carbons (Fsp3) is 0.700. The van der Waals surface area contributed by atoms with Crippen molar-refractivity contribution in [2.75, 3.05) is 6.54 Å². The minimum Gasteiger partial charge on any atom is -0.352 e. The van der Waals surface area contributed by atoms with Crippen molar-refractivity contribution in [2.45, 2.75) is 32.4 Å². The van der Waals surface area contributed by atoms with E-state index in [2.05, 4.69) is 20.8 Å². The highest BCUT2D eigenvalue weighted by atomic mass is 16.2. The molecule has 1 aromatic heterocycles. The fourth-order valence-corrected chi connectivity index (χ4v) is 1.40.